The van der Waals surface area contributed by atoms with Gasteiger partial charge in [0.05, 0.1) is 0 Å². The lowest BCUT2D eigenvalue weighted by molar-refractivity contribution is 0.552. The van der Waals surface area contributed by atoms with Crippen LogP contribution in [0.2, 0.25) is 13.1 Å². The highest BCUT2D eigenvalue weighted by Gasteiger charge is 2.49. The van der Waals surface area contributed by atoms with E-state index < -0.39 is 8.07 Å². The van der Waals surface area contributed by atoms with Crippen LogP contribution >= 0.6 is 0 Å². The van der Waals surface area contributed by atoms with Gasteiger partial charge in [0.25, 0.3) is 0 Å². The van der Waals surface area contributed by atoms with Crippen LogP contribution < -0.4 is 10.4 Å². The minimum Gasteiger partial charge on any atom is -0.0623 e. The van der Waals surface area contributed by atoms with Crippen molar-refractivity contribution < 1.29 is 0 Å². The molecule has 1 heterocycles. The van der Waals surface area contributed by atoms with Gasteiger partial charge in [-0.3, -0.25) is 0 Å². The fourth-order valence-corrected chi connectivity index (χ4v) is 8.48. The summed E-state index contributed by atoms with van der Waals surface area (Å²) in [7, 11) is -1.63. The standard InChI is InChI=1S/C23H22Si/c1-24(2)21-13-7-5-11-19(21)23(20-12-6-8-14-22(20)24)15-17-9-3-4-10-18(17)16-23/h3-14H,15-16H2,1-2H3. The highest BCUT2D eigenvalue weighted by Crippen LogP contribution is 2.46. The predicted octanol–water partition coefficient (Wildman–Crippen LogP) is 3.91. The van der Waals surface area contributed by atoms with Gasteiger partial charge in [-0.15, -0.1) is 0 Å². The molecule has 3 aromatic rings. The maximum Gasteiger partial charge on any atom is 0.113 e. The molecule has 0 aromatic heterocycles. The second-order valence-electron chi connectivity index (χ2n) is 7.92. The number of rotatable bonds is 0. The number of fused-ring (bicyclic) bond motifs is 5. The van der Waals surface area contributed by atoms with E-state index in [-0.39, 0.29) is 5.41 Å². The van der Waals surface area contributed by atoms with Crippen molar-refractivity contribution in [3.63, 3.8) is 0 Å². The molecule has 0 atom stereocenters. The average molecular weight is 327 g/mol. The van der Waals surface area contributed by atoms with Crippen LogP contribution in [0, 0.1) is 0 Å². The summed E-state index contributed by atoms with van der Waals surface area (Å²) >= 11 is 0. The Labute approximate surface area is 145 Å². The molecule has 0 unspecified atom stereocenters. The minimum atomic E-state index is -1.63. The molecule has 0 fully saturated rings. The molecular formula is C23H22Si. The molecule has 0 amide bonds. The lowest BCUT2D eigenvalue weighted by Gasteiger charge is -2.44. The Morgan fingerprint density at radius 1 is 0.625 bits per heavy atom. The Bertz CT molecular complexity index is 875. The van der Waals surface area contributed by atoms with Crippen LogP contribution in [0.1, 0.15) is 22.3 Å². The summed E-state index contributed by atoms with van der Waals surface area (Å²) in [4.78, 5) is 0. The molecule has 1 heteroatoms. The topological polar surface area (TPSA) is 0 Å². The zero-order valence-electron chi connectivity index (χ0n) is 14.3. The first-order valence-electron chi connectivity index (χ1n) is 8.90. The van der Waals surface area contributed by atoms with E-state index in [1.54, 1.807) is 21.5 Å². The molecule has 1 spiro atoms. The number of benzene rings is 3. The van der Waals surface area contributed by atoms with E-state index >= 15 is 0 Å². The molecule has 5 rings (SSSR count). The molecule has 0 radical (unpaired) electrons. The van der Waals surface area contributed by atoms with Gasteiger partial charge < -0.3 is 0 Å². The third-order valence-corrected chi connectivity index (χ3v) is 9.90. The van der Waals surface area contributed by atoms with Gasteiger partial charge in [-0.1, -0.05) is 96.3 Å². The largest absolute Gasteiger partial charge is 0.113 e. The Balaban J connectivity index is 1.85. The number of hydrogen-bond donors (Lipinski definition) is 0. The second-order valence-corrected chi connectivity index (χ2v) is 12.2. The van der Waals surface area contributed by atoms with E-state index in [4.69, 9.17) is 0 Å². The van der Waals surface area contributed by atoms with Crippen molar-refractivity contribution in [2.24, 2.45) is 0 Å². The smallest absolute Gasteiger partial charge is 0.0623 e. The normalized spacial score (nSPS) is 18.8. The van der Waals surface area contributed by atoms with E-state index in [1.807, 2.05) is 0 Å². The molecule has 1 aliphatic carbocycles. The van der Waals surface area contributed by atoms with Gasteiger partial charge in [0.2, 0.25) is 0 Å². The Kier molecular flexibility index (Phi) is 2.79. The first kappa shape index (κ1) is 14.2. The summed E-state index contributed by atoms with van der Waals surface area (Å²) in [5.41, 5.74) is 6.39. The average Bonchev–Trinajstić information content (AvgIpc) is 3.01. The third-order valence-electron chi connectivity index (χ3n) is 6.33. The molecule has 3 aromatic carbocycles. The van der Waals surface area contributed by atoms with Crippen LogP contribution in [-0.4, -0.2) is 8.07 Å². The zero-order valence-corrected chi connectivity index (χ0v) is 15.3. The van der Waals surface area contributed by atoms with Crippen molar-refractivity contribution in [3.05, 3.63) is 95.1 Å². The van der Waals surface area contributed by atoms with Gasteiger partial charge in [0.15, 0.2) is 0 Å². The van der Waals surface area contributed by atoms with Crippen molar-refractivity contribution in [2.75, 3.05) is 0 Å². The molecule has 0 N–H and O–H groups in total. The summed E-state index contributed by atoms with van der Waals surface area (Å²) in [5.74, 6) is 0. The second kappa shape index (κ2) is 4.70. The Hall–Kier alpha value is -2.12. The fraction of sp³-hybridized carbons (Fsp3) is 0.217. The van der Waals surface area contributed by atoms with Crippen LogP contribution in [0.4, 0.5) is 0 Å². The molecule has 0 nitrogen and oxygen atoms in total. The van der Waals surface area contributed by atoms with Gasteiger partial charge in [-0.2, -0.15) is 0 Å². The lowest BCUT2D eigenvalue weighted by Crippen LogP contribution is -2.63. The van der Waals surface area contributed by atoms with E-state index in [2.05, 4.69) is 85.9 Å². The summed E-state index contributed by atoms with van der Waals surface area (Å²) in [6.07, 6.45) is 2.28. The van der Waals surface area contributed by atoms with Crippen LogP contribution in [0.3, 0.4) is 0 Å². The van der Waals surface area contributed by atoms with Gasteiger partial charge in [-0.25, -0.2) is 0 Å². The van der Waals surface area contributed by atoms with Gasteiger partial charge in [0, 0.05) is 5.41 Å². The summed E-state index contributed by atoms with van der Waals surface area (Å²) in [6, 6.07) is 27.6. The molecule has 24 heavy (non-hydrogen) atoms. The van der Waals surface area contributed by atoms with E-state index in [9.17, 15) is 0 Å². The van der Waals surface area contributed by atoms with E-state index in [0.29, 0.717) is 0 Å². The summed E-state index contributed by atoms with van der Waals surface area (Å²) < 4.78 is 0. The van der Waals surface area contributed by atoms with Crippen molar-refractivity contribution in [1.29, 1.82) is 0 Å². The van der Waals surface area contributed by atoms with E-state index in [1.165, 1.54) is 11.1 Å². The van der Waals surface area contributed by atoms with Crippen molar-refractivity contribution in [1.82, 2.24) is 0 Å². The van der Waals surface area contributed by atoms with Crippen molar-refractivity contribution in [3.8, 4) is 0 Å². The lowest BCUT2D eigenvalue weighted by atomic mass is 9.71. The quantitative estimate of drug-likeness (QED) is 0.550. The van der Waals surface area contributed by atoms with Gasteiger partial charge in [-0.05, 0) is 35.1 Å². The van der Waals surface area contributed by atoms with Crippen LogP contribution in [0.25, 0.3) is 0 Å². The van der Waals surface area contributed by atoms with Crippen molar-refractivity contribution in [2.45, 2.75) is 31.4 Å². The Morgan fingerprint density at radius 3 is 1.54 bits per heavy atom. The molecule has 1 aliphatic heterocycles. The molecule has 2 aliphatic rings. The highest BCUT2D eigenvalue weighted by molar-refractivity contribution is 7.01. The molecule has 0 saturated heterocycles. The maximum absolute atomic E-state index is 2.51. The fourth-order valence-electron chi connectivity index (χ4n) is 5.18. The third kappa shape index (κ3) is 1.68. The first-order valence-corrected chi connectivity index (χ1v) is 11.9. The van der Waals surface area contributed by atoms with Crippen LogP contribution in [0.15, 0.2) is 72.8 Å². The maximum atomic E-state index is 2.51. The SMILES string of the molecule is C[Si]1(C)c2ccccc2C2(Cc3ccccc3C2)c2ccccc21. The predicted molar refractivity (Wildman–Crippen MR) is 104 cm³/mol. The first-order chi connectivity index (χ1) is 11.6. The van der Waals surface area contributed by atoms with Gasteiger partial charge >= 0.3 is 0 Å². The molecule has 118 valence electrons. The highest BCUT2D eigenvalue weighted by atomic mass is 28.3. The molecule has 0 saturated carbocycles. The number of hydrogen-bond acceptors (Lipinski definition) is 0. The minimum absolute atomic E-state index is 0.138. The summed E-state index contributed by atoms with van der Waals surface area (Å²) in [5, 5.41) is 3.27. The summed E-state index contributed by atoms with van der Waals surface area (Å²) in [6.45, 7) is 5.03. The zero-order chi connectivity index (χ0) is 16.4. The Morgan fingerprint density at radius 2 is 1.04 bits per heavy atom. The van der Waals surface area contributed by atoms with Crippen LogP contribution in [0.5, 0.6) is 0 Å². The molecular weight excluding hydrogens is 304 g/mol. The van der Waals surface area contributed by atoms with Crippen LogP contribution in [-0.2, 0) is 18.3 Å². The molecule has 0 bridgehead atoms. The van der Waals surface area contributed by atoms with Gasteiger partial charge in [0.1, 0.15) is 8.07 Å². The monoisotopic (exact) mass is 326 g/mol. The van der Waals surface area contributed by atoms with E-state index in [0.717, 1.165) is 12.8 Å². The van der Waals surface area contributed by atoms with Crippen molar-refractivity contribution >= 4 is 18.4 Å².